The molecule has 1 rings (SSSR count). The molecule has 0 aliphatic carbocycles. The smallest absolute Gasteiger partial charge is 0.244 e. The van der Waals surface area contributed by atoms with Gasteiger partial charge in [-0.25, -0.2) is 0 Å². The van der Waals surface area contributed by atoms with Crippen LogP contribution in [0.5, 0.6) is 0 Å². The van der Waals surface area contributed by atoms with Gasteiger partial charge < -0.3 is 14.8 Å². The van der Waals surface area contributed by atoms with Crippen LogP contribution in [0.2, 0.25) is 0 Å². The number of carbonyl (C=O) groups is 1. The van der Waals surface area contributed by atoms with Crippen molar-refractivity contribution < 1.29 is 14.3 Å². The molecule has 0 radical (unpaired) electrons. The molecule has 4 heteroatoms. The maximum absolute atomic E-state index is 11.9. The lowest BCUT2D eigenvalue weighted by Crippen LogP contribution is -2.37. The molecule has 1 atom stereocenters. The maximum Gasteiger partial charge on any atom is 0.244 e. The molecule has 0 saturated carbocycles. The third kappa shape index (κ3) is 5.21. The van der Waals surface area contributed by atoms with E-state index in [1.807, 2.05) is 0 Å². The monoisotopic (exact) mass is 279 g/mol. The van der Waals surface area contributed by atoms with E-state index in [-0.39, 0.29) is 12.5 Å². The lowest BCUT2D eigenvalue weighted by atomic mass is 10.0. The van der Waals surface area contributed by atoms with Crippen LogP contribution >= 0.6 is 0 Å². The molecular weight excluding hydrogens is 254 g/mol. The normalized spacial score (nSPS) is 13.6. The van der Waals surface area contributed by atoms with Gasteiger partial charge in [-0.1, -0.05) is 32.3 Å². The maximum atomic E-state index is 11.9. The van der Waals surface area contributed by atoms with Crippen molar-refractivity contribution in [2.75, 3.05) is 6.54 Å². The van der Waals surface area contributed by atoms with Gasteiger partial charge >= 0.3 is 0 Å². The Morgan fingerprint density at radius 3 is 2.55 bits per heavy atom. The highest BCUT2D eigenvalue weighted by atomic mass is 16.4. The molecule has 0 aromatic carbocycles. The summed E-state index contributed by atoms with van der Waals surface area (Å²) in [6.07, 6.45) is 7.11. The predicted octanol–water partition coefficient (Wildman–Crippen LogP) is 3.13. The molecule has 1 aromatic heterocycles. The summed E-state index contributed by atoms with van der Waals surface area (Å²) in [6, 6.07) is 3.41. The van der Waals surface area contributed by atoms with Crippen molar-refractivity contribution >= 4 is 5.91 Å². The molecule has 0 bridgehead atoms. The number of furan rings is 1. The SMILES string of the molecule is CCCC(=CC(=O)NCC(C)(O)c1ccco1)CCC. The Labute approximate surface area is 120 Å². The average Bonchev–Trinajstić information content (AvgIpc) is 2.92. The summed E-state index contributed by atoms with van der Waals surface area (Å²) in [6.45, 7) is 5.95. The molecule has 0 saturated heterocycles. The second-order valence-corrected chi connectivity index (χ2v) is 5.27. The highest BCUT2D eigenvalue weighted by molar-refractivity contribution is 5.88. The van der Waals surface area contributed by atoms with Crippen LogP contribution in [0.3, 0.4) is 0 Å². The molecule has 20 heavy (non-hydrogen) atoms. The Hall–Kier alpha value is -1.55. The van der Waals surface area contributed by atoms with E-state index < -0.39 is 5.60 Å². The van der Waals surface area contributed by atoms with Crippen molar-refractivity contribution in [1.29, 1.82) is 0 Å². The quantitative estimate of drug-likeness (QED) is 0.719. The Morgan fingerprint density at radius 1 is 1.40 bits per heavy atom. The number of carbonyl (C=O) groups excluding carboxylic acids is 1. The van der Waals surface area contributed by atoms with Crippen molar-refractivity contribution in [3.63, 3.8) is 0 Å². The van der Waals surface area contributed by atoms with Crippen LogP contribution in [-0.2, 0) is 10.4 Å². The van der Waals surface area contributed by atoms with Crippen LogP contribution in [0, 0.1) is 0 Å². The number of amides is 1. The van der Waals surface area contributed by atoms with Gasteiger partial charge in [0, 0.05) is 6.08 Å². The van der Waals surface area contributed by atoms with E-state index in [4.69, 9.17) is 4.42 Å². The van der Waals surface area contributed by atoms with E-state index >= 15 is 0 Å². The number of nitrogens with one attached hydrogen (secondary N) is 1. The highest BCUT2D eigenvalue weighted by Crippen LogP contribution is 2.19. The van der Waals surface area contributed by atoms with Crippen molar-refractivity contribution in [1.82, 2.24) is 5.32 Å². The zero-order chi connectivity index (χ0) is 15.0. The van der Waals surface area contributed by atoms with E-state index in [9.17, 15) is 9.90 Å². The Bertz CT molecular complexity index is 425. The van der Waals surface area contributed by atoms with Crippen LogP contribution in [0.25, 0.3) is 0 Å². The molecule has 0 spiro atoms. The fourth-order valence-corrected chi connectivity index (χ4v) is 2.08. The van der Waals surface area contributed by atoms with Gasteiger partial charge in [-0.05, 0) is 31.9 Å². The Kier molecular flexibility index (Phi) is 6.52. The standard InChI is InChI=1S/C16H25NO3/c1-4-7-13(8-5-2)11-15(18)17-12-16(3,19)14-9-6-10-20-14/h6,9-11,19H,4-5,7-8,12H2,1-3H3,(H,17,18). The first-order chi connectivity index (χ1) is 9.49. The first-order valence-electron chi connectivity index (χ1n) is 7.23. The largest absolute Gasteiger partial charge is 0.466 e. The molecular formula is C16H25NO3. The minimum atomic E-state index is -1.19. The lowest BCUT2D eigenvalue weighted by Gasteiger charge is -2.20. The molecule has 1 heterocycles. The van der Waals surface area contributed by atoms with Crippen molar-refractivity contribution in [2.24, 2.45) is 0 Å². The van der Waals surface area contributed by atoms with Gasteiger partial charge in [-0.3, -0.25) is 4.79 Å². The predicted molar refractivity (Wildman–Crippen MR) is 79.2 cm³/mol. The van der Waals surface area contributed by atoms with Crippen molar-refractivity contribution in [2.45, 2.75) is 52.1 Å². The molecule has 112 valence electrons. The Morgan fingerprint density at radius 2 is 2.05 bits per heavy atom. The zero-order valence-electron chi connectivity index (χ0n) is 12.6. The topological polar surface area (TPSA) is 62.5 Å². The lowest BCUT2D eigenvalue weighted by molar-refractivity contribution is -0.117. The molecule has 0 fully saturated rings. The molecule has 2 N–H and O–H groups in total. The third-order valence-corrected chi connectivity index (χ3v) is 3.14. The third-order valence-electron chi connectivity index (χ3n) is 3.14. The van der Waals surface area contributed by atoms with E-state index in [2.05, 4.69) is 19.2 Å². The minimum absolute atomic E-state index is 0.126. The second kappa shape index (κ2) is 7.90. The van der Waals surface area contributed by atoms with Crippen LogP contribution in [0.15, 0.2) is 34.5 Å². The molecule has 0 aliphatic rings. The number of hydrogen-bond donors (Lipinski definition) is 2. The summed E-state index contributed by atoms with van der Waals surface area (Å²) < 4.78 is 5.17. The summed E-state index contributed by atoms with van der Waals surface area (Å²) >= 11 is 0. The summed E-state index contributed by atoms with van der Waals surface area (Å²) in [4.78, 5) is 11.9. The molecule has 4 nitrogen and oxygen atoms in total. The number of hydrogen-bond acceptors (Lipinski definition) is 3. The van der Waals surface area contributed by atoms with Gasteiger partial charge in [-0.2, -0.15) is 0 Å². The summed E-state index contributed by atoms with van der Waals surface area (Å²) in [5.74, 6) is 0.290. The highest BCUT2D eigenvalue weighted by Gasteiger charge is 2.26. The number of aliphatic hydroxyl groups is 1. The van der Waals surface area contributed by atoms with Crippen LogP contribution < -0.4 is 5.32 Å². The zero-order valence-corrected chi connectivity index (χ0v) is 12.6. The average molecular weight is 279 g/mol. The van der Waals surface area contributed by atoms with Gasteiger partial charge in [0.15, 0.2) is 0 Å². The number of allylic oxidation sites excluding steroid dienone is 1. The fourth-order valence-electron chi connectivity index (χ4n) is 2.08. The first-order valence-corrected chi connectivity index (χ1v) is 7.23. The molecule has 0 aliphatic heterocycles. The van der Waals surface area contributed by atoms with E-state index in [0.717, 1.165) is 31.3 Å². The van der Waals surface area contributed by atoms with E-state index in [0.29, 0.717) is 5.76 Å². The minimum Gasteiger partial charge on any atom is -0.466 e. The van der Waals surface area contributed by atoms with Crippen molar-refractivity contribution in [3.05, 3.63) is 35.8 Å². The number of rotatable bonds is 8. The van der Waals surface area contributed by atoms with Gasteiger partial charge in [0.1, 0.15) is 11.4 Å². The van der Waals surface area contributed by atoms with E-state index in [1.54, 1.807) is 25.1 Å². The van der Waals surface area contributed by atoms with Crippen LogP contribution in [0.4, 0.5) is 0 Å². The summed E-state index contributed by atoms with van der Waals surface area (Å²) in [5.41, 5.74) is -0.0343. The molecule has 1 unspecified atom stereocenters. The first kappa shape index (κ1) is 16.5. The van der Waals surface area contributed by atoms with Gasteiger partial charge in [-0.15, -0.1) is 0 Å². The molecule has 1 amide bonds. The van der Waals surface area contributed by atoms with E-state index in [1.165, 1.54) is 6.26 Å². The van der Waals surface area contributed by atoms with Gasteiger partial charge in [0.05, 0.1) is 12.8 Å². The Balaban J connectivity index is 2.56. The second-order valence-electron chi connectivity index (χ2n) is 5.27. The van der Waals surface area contributed by atoms with Crippen LogP contribution in [0.1, 0.15) is 52.2 Å². The molecule has 1 aromatic rings. The van der Waals surface area contributed by atoms with Crippen LogP contribution in [-0.4, -0.2) is 17.6 Å². The summed E-state index contributed by atoms with van der Waals surface area (Å²) in [5, 5.41) is 13.0. The fraction of sp³-hybridized carbons (Fsp3) is 0.562. The van der Waals surface area contributed by atoms with Crippen molar-refractivity contribution in [3.8, 4) is 0 Å². The van der Waals surface area contributed by atoms with Gasteiger partial charge in [0.25, 0.3) is 0 Å². The van der Waals surface area contributed by atoms with Gasteiger partial charge in [0.2, 0.25) is 5.91 Å². The summed E-state index contributed by atoms with van der Waals surface area (Å²) in [7, 11) is 0.